The first-order chi connectivity index (χ1) is 20.5. The van der Waals surface area contributed by atoms with Crippen molar-refractivity contribution >= 4 is 44.7 Å². The third kappa shape index (κ3) is 5.86. The molecule has 0 spiro atoms. The van der Waals surface area contributed by atoms with E-state index < -0.39 is 15.6 Å². The smallest absolute Gasteiger partial charge is 0.258 e. The molecule has 11 nitrogen and oxygen atoms in total. The highest BCUT2D eigenvalue weighted by Gasteiger charge is 2.48. The summed E-state index contributed by atoms with van der Waals surface area (Å²) >= 11 is 6.11. The average Bonchev–Trinajstić information content (AvgIpc) is 3.51. The second-order valence-corrected chi connectivity index (χ2v) is 14.3. The Balaban J connectivity index is 1.27. The number of likely N-dealkylation sites (N-methyl/N-ethyl adjacent to an activating group) is 1. The van der Waals surface area contributed by atoms with Crippen LogP contribution >= 0.6 is 11.6 Å². The molecule has 1 aromatic heterocycles. The topological polar surface area (TPSA) is 123 Å². The van der Waals surface area contributed by atoms with Gasteiger partial charge in [0.1, 0.15) is 0 Å². The molecule has 3 aromatic rings. The largest absolute Gasteiger partial charge is 0.381 e. The van der Waals surface area contributed by atoms with Crippen LogP contribution in [0.3, 0.4) is 0 Å². The molecule has 0 atom stereocenters. The first kappa shape index (κ1) is 29.9. The van der Waals surface area contributed by atoms with Crippen molar-refractivity contribution in [2.75, 3.05) is 62.0 Å². The molecule has 3 N–H and O–H groups in total. The predicted molar refractivity (Wildman–Crippen MR) is 167 cm³/mol. The van der Waals surface area contributed by atoms with Gasteiger partial charge in [0.2, 0.25) is 10.0 Å². The number of rotatable bonds is 7. The van der Waals surface area contributed by atoms with Gasteiger partial charge < -0.3 is 25.2 Å². The number of carbonyl (C=O) groups excluding carboxylic acids is 1. The van der Waals surface area contributed by atoms with Gasteiger partial charge in [-0.3, -0.25) is 9.89 Å². The van der Waals surface area contributed by atoms with Crippen LogP contribution in [0.15, 0.2) is 47.4 Å². The first-order valence-electron chi connectivity index (χ1n) is 14.6. The van der Waals surface area contributed by atoms with Gasteiger partial charge in [0, 0.05) is 73.9 Å². The standard InChI is InChI=1S/C30H38ClN7O4S/c1-30(2)27-25(19-38(30)43(40,41)23-6-4-5-20(31)17-23)28(35-34-27)33-29(39)24-8-7-22(37-13-11-36(3)12-14-37)18-26(24)32-21-9-15-42-16-10-21/h4-8,17-18,21,32H,9-16,19H2,1-3H3,(H2,33,34,35,39). The minimum Gasteiger partial charge on any atom is -0.381 e. The van der Waals surface area contributed by atoms with Crippen molar-refractivity contribution in [2.24, 2.45) is 0 Å². The number of hydrogen-bond acceptors (Lipinski definition) is 8. The van der Waals surface area contributed by atoms with Gasteiger partial charge in [-0.15, -0.1) is 0 Å². The van der Waals surface area contributed by atoms with E-state index in [4.69, 9.17) is 16.3 Å². The Morgan fingerprint density at radius 1 is 1.09 bits per heavy atom. The summed E-state index contributed by atoms with van der Waals surface area (Å²) < 4.78 is 34.3. The maximum Gasteiger partial charge on any atom is 0.258 e. The Bertz CT molecular complexity index is 1610. The number of benzene rings is 2. The highest BCUT2D eigenvalue weighted by atomic mass is 35.5. The lowest BCUT2D eigenvalue weighted by atomic mass is 10.0. The van der Waals surface area contributed by atoms with E-state index in [1.54, 1.807) is 12.1 Å². The Morgan fingerprint density at radius 3 is 2.56 bits per heavy atom. The van der Waals surface area contributed by atoms with Gasteiger partial charge in [0.15, 0.2) is 5.82 Å². The molecule has 4 heterocycles. The van der Waals surface area contributed by atoms with Crippen molar-refractivity contribution in [2.45, 2.75) is 49.7 Å². The van der Waals surface area contributed by atoms with E-state index in [-0.39, 0.29) is 23.4 Å². The molecule has 13 heteroatoms. The maximum absolute atomic E-state index is 13.8. The van der Waals surface area contributed by atoms with Crippen molar-refractivity contribution in [3.05, 3.63) is 64.3 Å². The fourth-order valence-electron chi connectivity index (χ4n) is 6.08. The number of ether oxygens (including phenoxy) is 1. The predicted octanol–water partition coefficient (Wildman–Crippen LogP) is 4.10. The van der Waals surface area contributed by atoms with Crippen LogP contribution < -0.4 is 15.5 Å². The molecule has 0 unspecified atom stereocenters. The van der Waals surface area contributed by atoms with Crippen molar-refractivity contribution in [3.8, 4) is 0 Å². The molecule has 2 saturated heterocycles. The molecule has 0 aliphatic carbocycles. The Labute approximate surface area is 257 Å². The van der Waals surface area contributed by atoms with E-state index >= 15 is 0 Å². The highest BCUT2D eigenvalue weighted by molar-refractivity contribution is 7.89. The quantitative estimate of drug-likeness (QED) is 0.358. The Kier molecular flexibility index (Phi) is 8.16. The van der Waals surface area contributed by atoms with Crippen molar-refractivity contribution in [3.63, 3.8) is 0 Å². The minimum absolute atomic E-state index is 0.0544. The number of piperazine rings is 1. The number of H-pyrrole nitrogens is 1. The normalized spacial score (nSPS) is 19.8. The van der Waals surface area contributed by atoms with Crippen LogP contribution in [-0.4, -0.2) is 86.2 Å². The van der Waals surface area contributed by atoms with Gasteiger partial charge in [0.05, 0.1) is 21.7 Å². The van der Waals surface area contributed by atoms with Crippen LogP contribution in [0.4, 0.5) is 17.2 Å². The molecule has 2 fully saturated rings. The van der Waals surface area contributed by atoms with E-state index in [1.165, 1.54) is 16.4 Å². The number of halogens is 1. The molecule has 0 radical (unpaired) electrons. The third-order valence-electron chi connectivity index (χ3n) is 8.72. The lowest BCUT2D eigenvalue weighted by molar-refractivity contribution is 0.0904. The summed E-state index contributed by atoms with van der Waals surface area (Å²) in [6, 6.07) is 12.3. The van der Waals surface area contributed by atoms with Crippen LogP contribution in [0, 0.1) is 0 Å². The monoisotopic (exact) mass is 627 g/mol. The summed E-state index contributed by atoms with van der Waals surface area (Å²) in [5.74, 6) is -0.000212. The first-order valence-corrected chi connectivity index (χ1v) is 16.4. The molecule has 43 heavy (non-hydrogen) atoms. The van der Waals surface area contributed by atoms with Crippen LogP contribution in [0.1, 0.15) is 48.3 Å². The average molecular weight is 628 g/mol. The SMILES string of the molecule is CN1CCN(c2ccc(C(=O)Nc3n[nH]c4c3CN(S(=O)(=O)c3cccc(Cl)c3)C4(C)C)c(NC3CCOCC3)c2)CC1. The second kappa shape index (κ2) is 11.7. The number of hydrogen-bond donors (Lipinski definition) is 3. The third-order valence-corrected chi connectivity index (χ3v) is 11.0. The van der Waals surface area contributed by atoms with Crippen LogP contribution in [0.25, 0.3) is 0 Å². The van der Waals surface area contributed by atoms with Crippen molar-refractivity contribution < 1.29 is 17.9 Å². The molecule has 6 rings (SSSR count). The zero-order valence-electron chi connectivity index (χ0n) is 24.7. The lowest BCUT2D eigenvalue weighted by Crippen LogP contribution is -2.44. The fraction of sp³-hybridized carbons (Fsp3) is 0.467. The zero-order chi connectivity index (χ0) is 30.4. The summed E-state index contributed by atoms with van der Waals surface area (Å²) in [5, 5.41) is 14.3. The number of aromatic nitrogens is 2. The molecule has 2 aromatic carbocycles. The summed E-state index contributed by atoms with van der Waals surface area (Å²) in [4.78, 5) is 18.6. The Morgan fingerprint density at radius 2 is 1.84 bits per heavy atom. The molecule has 230 valence electrons. The van der Waals surface area contributed by atoms with Gasteiger partial charge in [-0.25, -0.2) is 8.42 Å². The van der Waals surface area contributed by atoms with Crippen LogP contribution in [-0.2, 0) is 26.8 Å². The fourth-order valence-corrected chi connectivity index (χ4v) is 8.11. The van der Waals surface area contributed by atoms with E-state index in [2.05, 4.69) is 43.7 Å². The van der Waals surface area contributed by atoms with E-state index in [0.717, 1.165) is 50.4 Å². The lowest BCUT2D eigenvalue weighted by Gasteiger charge is -2.34. The van der Waals surface area contributed by atoms with E-state index in [0.29, 0.717) is 40.9 Å². The number of anilines is 3. The molecule has 3 aliphatic heterocycles. The number of amides is 1. The molecule has 3 aliphatic rings. The van der Waals surface area contributed by atoms with Gasteiger partial charge in [0.25, 0.3) is 5.91 Å². The maximum atomic E-state index is 13.8. The number of sulfonamides is 1. The zero-order valence-corrected chi connectivity index (χ0v) is 26.3. The second-order valence-electron chi connectivity index (χ2n) is 12.0. The number of fused-ring (bicyclic) bond motifs is 1. The number of nitrogens with one attached hydrogen (secondary N) is 3. The van der Waals surface area contributed by atoms with E-state index in [9.17, 15) is 13.2 Å². The summed E-state index contributed by atoms with van der Waals surface area (Å²) in [7, 11) is -1.76. The molecule has 1 amide bonds. The van der Waals surface area contributed by atoms with Crippen molar-refractivity contribution in [1.82, 2.24) is 19.4 Å². The number of nitrogens with zero attached hydrogens (tertiary/aromatic N) is 4. The molecule has 0 saturated carbocycles. The molecular weight excluding hydrogens is 590 g/mol. The number of aromatic amines is 1. The van der Waals surface area contributed by atoms with Gasteiger partial charge in [-0.1, -0.05) is 17.7 Å². The van der Waals surface area contributed by atoms with Gasteiger partial charge in [-0.2, -0.15) is 9.40 Å². The van der Waals surface area contributed by atoms with Gasteiger partial charge in [-0.05, 0) is 70.1 Å². The minimum atomic E-state index is -3.89. The highest BCUT2D eigenvalue weighted by Crippen LogP contribution is 2.44. The molecular formula is C30H38ClN7O4S. The van der Waals surface area contributed by atoms with Gasteiger partial charge >= 0.3 is 0 Å². The summed E-state index contributed by atoms with van der Waals surface area (Å²) in [5.41, 5.74) is 2.69. The summed E-state index contributed by atoms with van der Waals surface area (Å²) in [6.07, 6.45) is 1.72. The Hall–Kier alpha value is -3.16. The van der Waals surface area contributed by atoms with Crippen LogP contribution in [0.2, 0.25) is 5.02 Å². The molecule has 0 bridgehead atoms. The number of carbonyl (C=O) groups is 1. The van der Waals surface area contributed by atoms with E-state index in [1.807, 2.05) is 26.0 Å². The van der Waals surface area contributed by atoms with Crippen LogP contribution in [0.5, 0.6) is 0 Å². The van der Waals surface area contributed by atoms with Crippen molar-refractivity contribution in [1.29, 1.82) is 0 Å². The summed E-state index contributed by atoms with van der Waals surface area (Å²) in [6.45, 7) is 8.85.